The van der Waals surface area contributed by atoms with Crippen molar-refractivity contribution in [1.82, 2.24) is 0 Å². The van der Waals surface area contributed by atoms with Crippen molar-refractivity contribution in [1.29, 1.82) is 0 Å². The van der Waals surface area contributed by atoms with E-state index in [0.29, 0.717) is 0 Å². The normalized spacial score (nSPS) is 10.4. The van der Waals surface area contributed by atoms with Crippen LogP contribution in [0.1, 0.15) is 26.3 Å². The largest absolute Gasteiger partial charge is 0.478 e. The van der Waals surface area contributed by atoms with Crippen LogP contribution in [0.4, 0.5) is 5.69 Å². The second-order valence-electron chi connectivity index (χ2n) is 4.64. The number of nitrogens with one attached hydrogen (secondary N) is 1. The number of hydrogen-bond donors (Lipinski definition) is 3. The number of carbonyl (C=O) groups excluding carboxylic acids is 1. The molecule has 6 heteroatoms. The molecule has 0 aliphatic carbocycles. The average molecular weight is 311 g/mol. The van der Waals surface area contributed by atoms with Crippen LogP contribution in [0.25, 0.3) is 6.08 Å². The molecule has 0 bridgehead atoms. The third-order valence-electron chi connectivity index (χ3n) is 2.92. The van der Waals surface area contributed by atoms with Gasteiger partial charge in [0.05, 0.1) is 11.1 Å². The maximum atomic E-state index is 11.9. The fourth-order valence-corrected chi connectivity index (χ4v) is 1.87. The lowest BCUT2D eigenvalue weighted by atomic mass is 10.1. The van der Waals surface area contributed by atoms with Crippen LogP contribution in [-0.4, -0.2) is 28.1 Å². The van der Waals surface area contributed by atoms with E-state index in [1.807, 2.05) is 30.3 Å². The summed E-state index contributed by atoms with van der Waals surface area (Å²) >= 11 is 0. The lowest BCUT2D eigenvalue weighted by Crippen LogP contribution is -2.10. The van der Waals surface area contributed by atoms with Gasteiger partial charge >= 0.3 is 11.9 Å². The number of aromatic carboxylic acids is 2. The van der Waals surface area contributed by atoms with Gasteiger partial charge in [0.15, 0.2) is 0 Å². The molecule has 0 saturated carbocycles. The molecule has 116 valence electrons. The summed E-state index contributed by atoms with van der Waals surface area (Å²) in [4.78, 5) is 33.9. The van der Waals surface area contributed by atoms with Gasteiger partial charge in [-0.25, -0.2) is 9.59 Å². The van der Waals surface area contributed by atoms with E-state index in [1.165, 1.54) is 18.2 Å². The number of carboxylic acid groups (broad SMARTS) is 2. The van der Waals surface area contributed by atoms with Gasteiger partial charge in [-0.2, -0.15) is 0 Å². The highest BCUT2D eigenvalue weighted by atomic mass is 16.4. The highest BCUT2D eigenvalue weighted by Gasteiger charge is 2.12. The van der Waals surface area contributed by atoms with Crippen molar-refractivity contribution in [3.05, 3.63) is 71.3 Å². The van der Waals surface area contributed by atoms with Crippen molar-refractivity contribution in [2.75, 3.05) is 5.32 Å². The van der Waals surface area contributed by atoms with Gasteiger partial charge in [0.25, 0.3) is 0 Å². The molecule has 6 nitrogen and oxygen atoms in total. The first-order valence-corrected chi connectivity index (χ1v) is 6.61. The average Bonchev–Trinajstić information content (AvgIpc) is 2.53. The summed E-state index contributed by atoms with van der Waals surface area (Å²) in [5.74, 6) is -3.04. The Kier molecular flexibility index (Phi) is 4.89. The van der Waals surface area contributed by atoms with Crippen molar-refractivity contribution < 1.29 is 24.6 Å². The smallest absolute Gasteiger partial charge is 0.335 e. The first-order chi connectivity index (χ1) is 11.0. The Bertz CT molecular complexity index is 749. The number of amides is 1. The van der Waals surface area contributed by atoms with E-state index in [0.717, 1.165) is 11.6 Å². The predicted molar refractivity (Wildman–Crippen MR) is 84.5 cm³/mol. The summed E-state index contributed by atoms with van der Waals surface area (Å²) in [5.41, 5.74) is 0.498. The Morgan fingerprint density at radius 1 is 0.870 bits per heavy atom. The van der Waals surface area contributed by atoms with Gasteiger partial charge < -0.3 is 15.5 Å². The van der Waals surface area contributed by atoms with Crippen molar-refractivity contribution in [2.45, 2.75) is 0 Å². The van der Waals surface area contributed by atoms with Crippen molar-refractivity contribution in [3.8, 4) is 0 Å². The second kappa shape index (κ2) is 7.04. The van der Waals surface area contributed by atoms with Gasteiger partial charge in [-0.1, -0.05) is 30.3 Å². The van der Waals surface area contributed by atoms with E-state index in [-0.39, 0.29) is 16.8 Å². The zero-order chi connectivity index (χ0) is 16.8. The van der Waals surface area contributed by atoms with Crippen LogP contribution in [0.5, 0.6) is 0 Å². The SMILES string of the molecule is O=C(/C=C/c1ccccc1)Nc1cc(C(=O)O)cc(C(=O)O)c1. The summed E-state index contributed by atoms with van der Waals surface area (Å²) in [7, 11) is 0. The molecule has 0 heterocycles. The molecule has 0 saturated heterocycles. The van der Waals surface area contributed by atoms with E-state index in [4.69, 9.17) is 10.2 Å². The zero-order valence-corrected chi connectivity index (χ0v) is 11.9. The van der Waals surface area contributed by atoms with E-state index in [1.54, 1.807) is 6.08 Å². The Balaban J connectivity index is 2.18. The minimum Gasteiger partial charge on any atom is -0.478 e. The minimum atomic E-state index is -1.27. The first-order valence-electron chi connectivity index (χ1n) is 6.61. The lowest BCUT2D eigenvalue weighted by Gasteiger charge is -2.06. The van der Waals surface area contributed by atoms with Gasteiger partial charge in [0.2, 0.25) is 5.91 Å². The van der Waals surface area contributed by atoms with Crippen LogP contribution in [0.2, 0.25) is 0 Å². The van der Waals surface area contributed by atoms with Crippen LogP contribution >= 0.6 is 0 Å². The van der Waals surface area contributed by atoms with Crippen molar-refractivity contribution in [2.24, 2.45) is 0 Å². The summed E-state index contributed by atoms with van der Waals surface area (Å²) in [6.45, 7) is 0. The Morgan fingerprint density at radius 2 is 1.43 bits per heavy atom. The molecule has 2 aromatic carbocycles. The van der Waals surface area contributed by atoms with Gasteiger partial charge in [-0.15, -0.1) is 0 Å². The molecule has 0 fully saturated rings. The van der Waals surface area contributed by atoms with E-state index >= 15 is 0 Å². The van der Waals surface area contributed by atoms with Gasteiger partial charge in [0.1, 0.15) is 0 Å². The lowest BCUT2D eigenvalue weighted by molar-refractivity contribution is -0.111. The maximum Gasteiger partial charge on any atom is 0.335 e. The molecule has 0 aliphatic heterocycles. The molecule has 0 spiro atoms. The fraction of sp³-hybridized carbons (Fsp3) is 0. The molecule has 0 atom stereocenters. The second-order valence-corrected chi connectivity index (χ2v) is 4.64. The summed E-state index contributed by atoms with van der Waals surface area (Å²) in [5, 5.41) is 20.4. The molecule has 2 rings (SSSR count). The number of hydrogen-bond acceptors (Lipinski definition) is 3. The first kappa shape index (κ1) is 16.0. The molecule has 2 aromatic rings. The molecule has 1 amide bonds. The molecule has 23 heavy (non-hydrogen) atoms. The number of rotatable bonds is 5. The predicted octanol–water partition coefficient (Wildman–Crippen LogP) is 2.73. The number of anilines is 1. The number of carboxylic acids is 2. The Morgan fingerprint density at radius 3 is 1.96 bits per heavy atom. The monoisotopic (exact) mass is 311 g/mol. The molecule has 3 N–H and O–H groups in total. The van der Waals surface area contributed by atoms with Crippen LogP contribution in [0, 0.1) is 0 Å². The maximum absolute atomic E-state index is 11.9. The summed E-state index contributed by atoms with van der Waals surface area (Å²) in [6, 6.07) is 12.6. The third-order valence-corrected chi connectivity index (χ3v) is 2.92. The third kappa shape index (κ3) is 4.53. The number of carbonyl (C=O) groups is 3. The molecule has 0 radical (unpaired) electrons. The topological polar surface area (TPSA) is 104 Å². The van der Waals surface area contributed by atoms with Gasteiger partial charge in [-0.05, 0) is 29.8 Å². The highest BCUT2D eigenvalue weighted by Crippen LogP contribution is 2.16. The van der Waals surface area contributed by atoms with Gasteiger partial charge in [0, 0.05) is 11.8 Å². The van der Waals surface area contributed by atoms with Crippen LogP contribution in [0.3, 0.4) is 0 Å². The molecular weight excluding hydrogens is 298 g/mol. The quantitative estimate of drug-likeness (QED) is 0.737. The molecular formula is C17H13NO5. The molecule has 0 aromatic heterocycles. The standard InChI is InChI=1S/C17H13NO5/c19-15(7-6-11-4-2-1-3-5-11)18-14-9-12(16(20)21)8-13(10-14)17(22)23/h1-10H,(H,18,19)(H,20,21)(H,22,23)/b7-6+. The Hall–Kier alpha value is -3.41. The summed E-state index contributed by atoms with van der Waals surface area (Å²) in [6.07, 6.45) is 2.87. The fourth-order valence-electron chi connectivity index (χ4n) is 1.87. The van der Waals surface area contributed by atoms with Crippen molar-refractivity contribution in [3.63, 3.8) is 0 Å². The molecule has 0 aliphatic rings. The Labute approximate surface area is 131 Å². The summed E-state index contributed by atoms with van der Waals surface area (Å²) < 4.78 is 0. The van der Waals surface area contributed by atoms with E-state index < -0.39 is 17.8 Å². The number of benzene rings is 2. The molecule has 0 unspecified atom stereocenters. The van der Waals surface area contributed by atoms with Gasteiger partial charge in [-0.3, -0.25) is 4.79 Å². The van der Waals surface area contributed by atoms with Crippen LogP contribution in [0.15, 0.2) is 54.6 Å². The van der Waals surface area contributed by atoms with E-state index in [9.17, 15) is 14.4 Å². The van der Waals surface area contributed by atoms with Crippen molar-refractivity contribution >= 4 is 29.6 Å². The van der Waals surface area contributed by atoms with Crippen LogP contribution < -0.4 is 5.32 Å². The van der Waals surface area contributed by atoms with Crippen LogP contribution in [-0.2, 0) is 4.79 Å². The minimum absolute atomic E-state index is 0.102. The zero-order valence-electron chi connectivity index (χ0n) is 11.9. The highest BCUT2D eigenvalue weighted by molar-refractivity contribution is 6.04. The van der Waals surface area contributed by atoms with E-state index in [2.05, 4.69) is 5.32 Å².